The zero-order valence-electron chi connectivity index (χ0n) is 9.79. The largest absolute Gasteiger partial charge is 0.444 e. The molecule has 1 aromatic heterocycles. The lowest BCUT2D eigenvalue weighted by molar-refractivity contribution is 0.492. The van der Waals surface area contributed by atoms with Gasteiger partial charge in [0.25, 0.3) is 0 Å². The lowest BCUT2D eigenvalue weighted by Crippen LogP contribution is -1.87. The molecule has 0 amide bonds. The summed E-state index contributed by atoms with van der Waals surface area (Å²) in [6, 6.07) is 6.67. The molecule has 0 N–H and O–H groups in total. The van der Waals surface area contributed by atoms with Gasteiger partial charge in [-0.1, -0.05) is 28.1 Å². The molecule has 0 saturated carbocycles. The lowest BCUT2D eigenvalue weighted by Gasteiger charge is -2.03. The molecule has 0 fully saturated rings. The van der Waals surface area contributed by atoms with Crippen molar-refractivity contribution in [1.82, 2.24) is 4.98 Å². The second-order valence-corrected chi connectivity index (χ2v) is 5.04. The van der Waals surface area contributed by atoms with E-state index in [-0.39, 0.29) is 0 Å². The minimum absolute atomic E-state index is 0.709. The molecule has 0 aliphatic heterocycles. The number of fused-ring (bicyclic) bond motifs is 1. The topological polar surface area (TPSA) is 26.0 Å². The second-order valence-electron chi connectivity index (χ2n) is 4.48. The van der Waals surface area contributed by atoms with Crippen molar-refractivity contribution in [3.05, 3.63) is 41.0 Å². The average Bonchev–Trinajstić information content (AvgIpc) is 2.93. The van der Waals surface area contributed by atoms with Crippen LogP contribution in [0.3, 0.4) is 0 Å². The van der Waals surface area contributed by atoms with Crippen molar-refractivity contribution in [2.45, 2.75) is 31.5 Å². The Balaban J connectivity index is 2.08. The summed E-state index contributed by atoms with van der Waals surface area (Å²) in [6.07, 6.45) is 3.70. The Hall–Kier alpha value is -1.09. The Morgan fingerprint density at radius 3 is 2.94 bits per heavy atom. The highest BCUT2D eigenvalue weighted by Gasteiger charge is 2.16. The standard InChI is InChI=1S/C14H14BrNO/c1-9-16-14(13(8-15)17-9)12-6-5-10-3-2-4-11(10)7-12/h5-7H,2-4,8H2,1H3. The van der Waals surface area contributed by atoms with Gasteiger partial charge in [-0.05, 0) is 36.5 Å². The van der Waals surface area contributed by atoms with Crippen LogP contribution >= 0.6 is 15.9 Å². The molecule has 0 radical (unpaired) electrons. The number of alkyl halides is 1. The molecule has 3 rings (SSSR count). The van der Waals surface area contributed by atoms with E-state index >= 15 is 0 Å². The number of benzene rings is 1. The molecular weight excluding hydrogens is 278 g/mol. The van der Waals surface area contributed by atoms with Crippen LogP contribution < -0.4 is 0 Å². The molecule has 1 aliphatic carbocycles. The van der Waals surface area contributed by atoms with Gasteiger partial charge in [0.15, 0.2) is 5.89 Å². The van der Waals surface area contributed by atoms with E-state index in [1.165, 1.54) is 36.0 Å². The maximum atomic E-state index is 5.58. The van der Waals surface area contributed by atoms with Gasteiger partial charge >= 0.3 is 0 Å². The first-order chi connectivity index (χ1) is 8.28. The zero-order chi connectivity index (χ0) is 11.8. The first-order valence-electron chi connectivity index (χ1n) is 5.92. The zero-order valence-corrected chi connectivity index (χ0v) is 11.4. The smallest absolute Gasteiger partial charge is 0.191 e. The van der Waals surface area contributed by atoms with Crippen LogP contribution in [0.2, 0.25) is 0 Å². The number of rotatable bonds is 2. The summed E-state index contributed by atoms with van der Waals surface area (Å²) in [4.78, 5) is 4.48. The van der Waals surface area contributed by atoms with E-state index in [0.29, 0.717) is 5.33 Å². The third kappa shape index (κ3) is 1.93. The highest BCUT2D eigenvalue weighted by Crippen LogP contribution is 2.30. The van der Waals surface area contributed by atoms with Crippen molar-refractivity contribution in [3.63, 3.8) is 0 Å². The summed E-state index contributed by atoms with van der Waals surface area (Å²) >= 11 is 3.45. The Bertz CT molecular complexity index is 559. The van der Waals surface area contributed by atoms with E-state index < -0.39 is 0 Å². The van der Waals surface area contributed by atoms with Crippen molar-refractivity contribution in [2.75, 3.05) is 0 Å². The summed E-state index contributed by atoms with van der Waals surface area (Å²) in [6.45, 7) is 1.89. The fraction of sp³-hybridized carbons (Fsp3) is 0.357. The number of hydrogen-bond donors (Lipinski definition) is 0. The van der Waals surface area contributed by atoms with Crippen LogP contribution in [0.25, 0.3) is 11.3 Å². The first-order valence-corrected chi connectivity index (χ1v) is 7.04. The quantitative estimate of drug-likeness (QED) is 0.781. The number of halogens is 1. The minimum Gasteiger partial charge on any atom is -0.444 e. The second kappa shape index (κ2) is 4.30. The molecule has 3 heteroatoms. The molecular formula is C14H14BrNO. The van der Waals surface area contributed by atoms with Crippen LogP contribution in [0.5, 0.6) is 0 Å². The molecule has 0 bridgehead atoms. The summed E-state index contributed by atoms with van der Waals surface area (Å²) in [7, 11) is 0. The molecule has 2 nitrogen and oxygen atoms in total. The van der Waals surface area contributed by atoms with Gasteiger partial charge in [0.05, 0.1) is 5.33 Å². The first kappa shape index (κ1) is 11.0. The summed E-state index contributed by atoms with van der Waals surface area (Å²) in [5.74, 6) is 1.65. The van der Waals surface area contributed by atoms with Gasteiger partial charge in [0.1, 0.15) is 11.5 Å². The van der Waals surface area contributed by atoms with E-state index in [1.807, 2.05) is 6.92 Å². The van der Waals surface area contributed by atoms with Crippen molar-refractivity contribution >= 4 is 15.9 Å². The van der Waals surface area contributed by atoms with E-state index in [4.69, 9.17) is 4.42 Å². The Morgan fingerprint density at radius 2 is 2.12 bits per heavy atom. The predicted molar refractivity (Wildman–Crippen MR) is 71.3 cm³/mol. The molecule has 1 aromatic carbocycles. The van der Waals surface area contributed by atoms with Crippen LogP contribution in [0.15, 0.2) is 22.6 Å². The predicted octanol–water partition coefficient (Wildman–Crippen LogP) is 4.03. The van der Waals surface area contributed by atoms with Crippen molar-refractivity contribution in [1.29, 1.82) is 0 Å². The van der Waals surface area contributed by atoms with Gasteiger partial charge in [0, 0.05) is 12.5 Å². The molecule has 17 heavy (non-hydrogen) atoms. The third-order valence-corrected chi connectivity index (χ3v) is 3.81. The van der Waals surface area contributed by atoms with Gasteiger partial charge in [-0.2, -0.15) is 0 Å². The molecule has 1 heterocycles. The van der Waals surface area contributed by atoms with Gasteiger partial charge in [0.2, 0.25) is 0 Å². The lowest BCUT2D eigenvalue weighted by atomic mass is 10.0. The molecule has 1 aliphatic rings. The SMILES string of the molecule is Cc1nc(-c2ccc3c(c2)CCC3)c(CBr)o1. The normalized spacial score (nSPS) is 14.0. The summed E-state index contributed by atoms with van der Waals surface area (Å²) in [5, 5.41) is 0.709. The van der Waals surface area contributed by atoms with Gasteiger partial charge in [-0.25, -0.2) is 4.98 Å². The molecule has 0 spiro atoms. The van der Waals surface area contributed by atoms with Crippen LogP contribution in [0.1, 0.15) is 29.2 Å². The highest BCUT2D eigenvalue weighted by atomic mass is 79.9. The van der Waals surface area contributed by atoms with Crippen LogP contribution in [-0.2, 0) is 18.2 Å². The molecule has 2 aromatic rings. The van der Waals surface area contributed by atoms with Crippen LogP contribution in [0, 0.1) is 6.92 Å². The van der Waals surface area contributed by atoms with E-state index in [9.17, 15) is 0 Å². The number of nitrogens with zero attached hydrogens (tertiary/aromatic N) is 1. The summed E-state index contributed by atoms with van der Waals surface area (Å²) in [5.41, 5.74) is 5.13. The fourth-order valence-electron chi connectivity index (χ4n) is 2.50. The maximum Gasteiger partial charge on any atom is 0.191 e. The number of aromatic nitrogens is 1. The number of oxazole rings is 1. The van der Waals surface area contributed by atoms with Crippen molar-refractivity contribution in [3.8, 4) is 11.3 Å². The molecule has 0 saturated heterocycles. The molecule has 0 unspecified atom stereocenters. The van der Waals surface area contributed by atoms with Crippen LogP contribution in [0.4, 0.5) is 0 Å². The third-order valence-electron chi connectivity index (χ3n) is 3.30. The highest BCUT2D eigenvalue weighted by molar-refractivity contribution is 9.08. The Labute approximate surface area is 109 Å². The maximum absolute atomic E-state index is 5.58. The van der Waals surface area contributed by atoms with Gasteiger partial charge in [-0.3, -0.25) is 0 Å². The van der Waals surface area contributed by atoms with Crippen LogP contribution in [-0.4, -0.2) is 4.98 Å². The average molecular weight is 292 g/mol. The molecule has 0 atom stereocenters. The fourth-order valence-corrected chi connectivity index (χ4v) is 2.88. The summed E-state index contributed by atoms with van der Waals surface area (Å²) < 4.78 is 5.58. The number of aryl methyl sites for hydroxylation is 3. The Kier molecular flexibility index (Phi) is 2.79. The van der Waals surface area contributed by atoms with Crippen molar-refractivity contribution in [2.24, 2.45) is 0 Å². The molecule has 88 valence electrons. The number of hydrogen-bond acceptors (Lipinski definition) is 2. The Morgan fingerprint density at radius 1 is 1.29 bits per heavy atom. The van der Waals surface area contributed by atoms with E-state index in [2.05, 4.69) is 39.1 Å². The monoisotopic (exact) mass is 291 g/mol. The van der Waals surface area contributed by atoms with Crippen molar-refractivity contribution < 1.29 is 4.42 Å². The van der Waals surface area contributed by atoms with E-state index in [1.54, 1.807) is 0 Å². The van der Waals surface area contributed by atoms with Gasteiger partial charge < -0.3 is 4.42 Å². The van der Waals surface area contributed by atoms with E-state index in [0.717, 1.165) is 17.3 Å². The minimum atomic E-state index is 0.709. The van der Waals surface area contributed by atoms with Gasteiger partial charge in [-0.15, -0.1) is 0 Å².